The van der Waals surface area contributed by atoms with Crippen molar-refractivity contribution in [2.45, 2.75) is 26.2 Å². The Balaban J connectivity index is 2.10. The van der Waals surface area contributed by atoms with Gasteiger partial charge in [-0.1, -0.05) is 6.92 Å². The zero-order valence-corrected chi connectivity index (χ0v) is 12.8. The highest BCUT2D eigenvalue weighted by Gasteiger charge is 2.19. The minimum atomic E-state index is -0.444. The average molecular weight is 292 g/mol. The second-order valence-corrected chi connectivity index (χ2v) is 5.41. The van der Waals surface area contributed by atoms with E-state index in [0.717, 1.165) is 38.4 Å². The van der Waals surface area contributed by atoms with E-state index in [4.69, 9.17) is 4.74 Å². The summed E-state index contributed by atoms with van der Waals surface area (Å²) in [6, 6.07) is 0. The van der Waals surface area contributed by atoms with Gasteiger partial charge in [0.15, 0.2) is 5.69 Å². The molecule has 6 nitrogen and oxygen atoms in total. The molecule has 1 N–H and O–H groups in total. The van der Waals surface area contributed by atoms with Gasteiger partial charge >= 0.3 is 5.97 Å². The summed E-state index contributed by atoms with van der Waals surface area (Å²) in [6.07, 6.45) is 6.65. The topological polar surface area (TPSA) is 67.4 Å². The molecule has 6 heteroatoms. The van der Waals surface area contributed by atoms with E-state index in [-0.39, 0.29) is 5.69 Å². The fourth-order valence-electron chi connectivity index (χ4n) is 2.67. The molecule has 116 valence electrons. The van der Waals surface area contributed by atoms with E-state index >= 15 is 0 Å². The number of piperidine rings is 1. The minimum absolute atomic E-state index is 0.262. The summed E-state index contributed by atoms with van der Waals surface area (Å²) in [4.78, 5) is 22.3. The van der Waals surface area contributed by atoms with Crippen molar-refractivity contribution in [2.24, 2.45) is 5.92 Å². The van der Waals surface area contributed by atoms with Gasteiger partial charge in [0.05, 0.1) is 19.5 Å². The predicted octanol–water partition coefficient (Wildman–Crippen LogP) is 1.48. The Bertz CT molecular complexity index is 461. The number of carbonyl (C=O) groups is 1. The number of hydrogen-bond donors (Lipinski definition) is 1. The highest BCUT2D eigenvalue weighted by molar-refractivity contribution is 5.87. The van der Waals surface area contributed by atoms with E-state index in [1.807, 2.05) is 0 Å². The average Bonchev–Trinajstić information content (AvgIpc) is 2.55. The van der Waals surface area contributed by atoms with E-state index < -0.39 is 5.97 Å². The molecule has 1 aliphatic heterocycles. The summed E-state index contributed by atoms with van der Waals surface area (Å²) in [5.74, 6) is 0.930. The maximum atomic E-state index is 11.6. The smallest absolute Gasteiger partial charge is 0.358 e. The van der Waals surface area contributed by atoms with Gasteiger partial charge in [0.1, 0.15) is 5.82 Å². The van der Waals surface area contributed by atoms with Crippen LogP contribution >= 0.6 is 0 Å². The molecule has 2 heterocycles. The Labute approximate surface area is 125 Å². The second-order valence-electron chi connectivity index (χ2n) is 5.41. The third kappa shape index (κ3) is 4.39. The van der Waals surface area contributed by atoms with Crippen molar-refractivity contribution in [3.63, 3.8) is 0 Å². The third-order valence-corrected chi connectivity index (χ3v) is 3.71. The van der Waals surface area contributed by atoms with Crippen LogP contribution in [0.4, 0.5) is 5.82 Å². The van der Waals surface area contributed by atoms with Crippen LogP contribution < -0.4 is 10.2 Å². The molecular formula is C15H24N4O2. The Morgan fingerprint density at radius 3 is 3.05 bits per heavy atom. The number of rotatable bonds is 6. The van der Waals surface area contributed by atoms with Crippen molar-refractivity contribution >= 4 is 11.8 Å². The second kappa shape index (κ2) is 7.93. The van der Waals surface area contributed by atoms with Crippen LogP contribution in [-0.4, -0.2) is 49.2 Å². The predicted molar refractivity (Wildman–Crippen MR) is 81.5 cm³/mol. The number of nitrogens with zero attached hydrogens (tertiary/aromatic N) is 3. The molecule has 0 aromatic carbocycles. The normalized spacial score (nSPS) is 18.3. The SMILES string of the molecule is CCCN(CC1CCCNC1)c1cncc(C(=O)OC)n1. The number of esters is 1. The zero-order chi connectivity index (χ0) is 15.1. The number of anilines is 1. The summed E-state index contributed by atoms with van der Waals surface area (Å²) < 4.78 is 4.71. The van der Waals surface area contributed by atoms with Gasteiger partial charge in [-0.3, -0.25) is 4.98 Å². The number of hydrogen-bond acceptors (Lipinski definition) is 6. The van der Waals surface area contributed by atoms with Crippen LogP contribution in [0.25, 0.3) is 0 Å². The summed E-state index contributed by atoms with van der Waals surface area (Å²) in [5.41, 5.74) is 0.262. The molecule has 0 aliphatic carbocycles. The lowest BCUT2D eigenvalue weighted by molar-refractivity contribution is 0.0593. The molecule has 0 spiro atoms. The molecule has 0 radical (unpaired) electrons. The molecule has 1 aromatic rings. The first-order valence-corrected chi connectivity index (χ1v) is 7.60. The minimum Gasteiger partial charge on any atom is -0.464 e. The van der Waals surface area contributed by atoms with Crippen molar-refractivity contribution in [1.82, 2.24) is 15.3 Å². The fraction of sp³-hybridized carbons (Fsp3) is 0.667. The summed E-state index contributed by atoms with van der Waals surface area (Å²) in [6.45, 7) is 6.16. The Kier molecular flexibility index (Phi) is 5.92. The lowest BCUT2D eigenvalue weighted by atomic mass is 9.99. The van der Waals surface area contributed by atoms with Crippen LogP contribution in [-0.2, 0) is 4.74 Å². The monoisotopic (exact) mass is 292 g/mol. The van der Waals surface area contributed by atoms with Crippen molar-refractivity contribution in [3.05, 3.63) is 18.1 Å². The molecular weight excluding hydrogens is 268 g/mol. The summed E-state index contributed by atoms with van der Waals surface area (Å²) >= 11 is 0. The van der Waals surface area contributed by atoms with Crippen molar-refractivity contribution in [1.29, 1.82) is 0 Å². The maximum Gasteiger partial charge on any atom is 0.358 e. The first-order chi connectivity index (χ1) is 10.2. The molecule has 0 bridgehead atoms. The molecule has 0 saturated carbocycles. The number of methoxy groups -OCH3 is 1. The van der Waals surface area contributed by atoms with Crippen LogP contribution in [0.5, 0.6) is 0 Å². The van der Waals surface area contributed by atoms with E-state index in [0.29, 0.717) is 5.92 Å². The van der Waals surface area contributed by atoms with Gasteiger partial charge in [0.25, 0.3) is 0 Å². The number of aromatic nitrogens is 2. The van der Waals surface area contributed by atoms with Crippen molar-refractivity contribution in [3.8, 4) is 0 Å². The number of ether oxygens (including phenoxy) is 1. The van der Waals surface area contributed by atoms with Gasteiger partial charge in [-0.2, -0.15) is 0 Å². The van der Waals surface area contributed by atoms with Gasteiger partial charge in [-0.25, -0.2) is 9.78 Å². The molecule has 1 unspecified atom stereocenters. The van der Waals surface area contributed by atoms with Crippen LogP contribution in [0.2, 0.25) is 0 Å². The van der Waals surface area contributed by atoms with E-state index in [9.17, 15) is 4.79 Å². The third-order valence-electron chi connectivity index (χ3n) is 3.71. The molecule has 1 aromatic heterocycles. The highest BCUT2D eigenvalue weighted by Crippen LogP contribution is 2.17. The lowest BCUT2D eigenvalue weighted by Gasteiger charge is -2.30. The zero-order valence-electron chi connectivity index (χ0n) is 12.8. The Morgan fingerprint density at radius 2 is 2.38 bits per heavy atom. The van der Waals surface area contributed by atoms with Crippen LogP contribution in [0.1, 0.15) is 36.7 Å². The van der Waals surface area contributed by atoms with E-state index in [1.54, 1.807) is 6.20 Å². The van der Waals surface area contributed by atoms with Crippen LogP contribution in [0, 0.1) is 5.92 Å². The maximum absolute atomic E-state index is 11.6. The molecule has 21 heavy (non-hydrogen) atoms. The standard InChI is InChI=1S/C15H24N4O2/c1-3-7-19(11-12-5-4-6-16-8-12)14-10-17-9-13(18-14)15(20)21-2/h9-10,12,16H,3-8,11H2,1-2H3. The van der Waals surface area contributed by atoms with E-state index in [1.165, 1.54) is 26.1 Å². The molecule has 2 rings (SSSR count). The number of nitrogens with one attached hydrogen (secondary N) is 1. The largest absolute Gasteiger partial charge is 0.464 e. The molecule has 1 aliphatic rings. The molecule has 1 saturated heterocycles. The van der Waals surface area contributed by atoms with Gasteiger partial charge in [-0.05, 0) is 38.3 Å². The van der Waals surface area contributed by atoms with Crippen LogP contribution in [0.15, 0.2) is 12.4 Å². The van der Waals surface area contributed by atoms with Gasteiger partial charge in [0.2, 0.25) is 0 Å². The first-order valence-electron chi connectivity index (χ1n) is 7.60. The highest BCUT2D eigenvalue weighted by atomic mass is 16.5. The number of carbonyl (C=O) groups excluding carboxylic acids is 1. The van der Waals surface area contributed by atoms with Gasteiger partial charge in [-0.15, -0.1) is 0 Å². The Morgan fingerprint density at radius 1 is 1.52 bits per heavy atom. The van der Waals surface area contributed by atoms with Gasteiger partial charge in [0, 0.05) is 13.1 Å². The van der Waals surface area contributed by atoms with E-state index in [2.05, 4.69) is 27.1 Å². The fourth-order valence-corrected chi connectivity index (χ4v) is 2.67. The van der Waals surface area contributed by atoms with Gasteiger partial charge < -0.3 is 15.0 Å². The lowest BCUT2D eigenvalue weighted by Crippen LogP contribution is -2.39. The quantitative estimate of drug-likeness (QED) is 0.801. The van der Waals surface area contributed by atoms with Crippen LogP contribution in [0.3, 0.4) is 0 Å². The Hall–Kier alpha value is -1.69. The molecule has 1 fully saturated rings. The summed E-state index contributed by atoms with van der Waals surface area (Å²) in [7, 11) is 1.36. The first kappa shape index (κ1) is 15.7. The molecule has 0 amide bonds. The molecule has 1 atom stereocenters. The summed E-state index contributed by atoms with van der Waals surface area (Å²) in [5, 5.41) is 3.44. The van der Waals surface area contributed by atoms with Crippen molar-refractivity contribution in [2.75, 3.05) is 38.2 Å². The van der Waals surface area contributed by atoms with Crippen molar-refractivity contribution < 1.29 is 9.53 Å².